The third kappa shape index (κ3) is 2.24. The molecule has 2 aromatic rings. The lowest BCUT2D eigenvalue weighted by Crippen LogP contribution is -1.97. The molecule has 2 rings (SSSR count). The number of nitrogens with zero attached hydrogens (tertiary/aromatic N) is 3. The monoisotopic (exact) mass is 219 g/mol. The van der Waals surface area contributed by atoms with Gasteiger partial charge >= 0.3 is 0 Å². The van der Waals surface area contributed by atoms with Crippen molar-refractivity contribution >= 4 is 10.8 Å². The molecule has 76 valence electrons. The van der Waals surface area contributed by atoms with Gasteiger partial charge in [-0.1, -0.05) is 0 Å². The minimum Gasteiger partial charge on any atom is -0.265 e. The molecule has 2 aromatic heterocycles. The predicted octanol–water partition coefficient (Wildman–Crippen LogP) is 1.28. The highest BCUT2D eigenvalue weighted by atomic mass is 32.2. The zero-order valence-corrected chi connectivity index (χ0v) is 8.94. The molecule has 4 nitrogen and oxygen atoms in total. The summed E-state index contributed by atoms with van der Waals surface area (Å²) in [6, 6.07) is 5.49. The van der Waals surface area contributed by atoms with Gasteiger partial charge in [-0.2, -0.15) is 0 Å². The number of hydrogen-bond donors (Lipinski definition) is 0. The van der Waals surface area contributed by atoms with Crippen molar-refractivity contribution in [2.24, 2.45) is 0 Å². The van der Waals surface area contributed by atoms with Crippen molar-refractivity contribution in [2.45, 2.75) is 5.16 Å². The molecule has 0 aromatic carbocycles. The summed E-state index contributed by atoms with van der Waals surface area (Å²) >= 11 is 0. The zero-order valence-electron chi connectivity index (χ0n) is 8.12. The van der Waals surface area contributed by atoms with Crippen molar-refractivity contribution in [3.63, 3.8) is 0 Å². The average Bonchev–Trinajstić information content (AvgIpc) is 2.30. The van der Waals surface area contributed by atoms with E-state index < -0.39 is 10.8 Å². The van der Waals surface area contributed by atoms with Gasteiger partial charge in [0.25, 0.3) is 0 Å². The molecule has 0 radical (unpaired) electrons. The molecule has 0 fully saturated rings. The minimum atomic E-state index is -1.15. The lowest BCUT2D eigenvalue weighted by molar-refractivity contribution is 0.680. The Labute approximate surface area is 89.9 Å². The third-order valence-electron chi connectivity index (χ3n) is 1.87. The maximum atomic E-state index is 11.2. The highest BCUT2D eigenvalue weighted by Crippen LogP contribution is 2.15. The van der Waals surface area contributed by atoms with Gasteiger partial charge in [0, 0.05) is 30.4 Å². The van der Waals surface area contributed by atoms with Crippen LogP contribution in [0, 0.1) is 0 Å². The Kier molecular flexibility index (Phi) is 2.82. The molecule has 0 saturated carbocycles. The Hall–Kier alpha value is -1.62. The second-order valence-electron chi connectivity index (χ2n) is 2.91. The molecule has 0 aliphatic heterocycles. The Balaban J connectivity index is 2.46. The first-order valence-corrected chi connectivity index (χ1v) is 5.90. The molecule has 1 unspecified atom stereocenters. The van der Waals surface area contributed by atoms with Gasteiger partial charge in [0.15, 0.2) is 0 Å². The first-order chi connectivity index (χ1) is 7.27. The topological polar surface area (TPSA) is 55.7 Å². The third-order valence-corrected chi connectivity index (χ3v) is 2.58. The molecule has 0 bridgehead atoms. The summed E-state index contributed by atoms with van der Waals surface area (Å²) in [6.45, 7) is 0. The second-order valence-corrected chi connectivity index (χ2v) is 4.19. The molecule has 1 atom stereocenters. The summed E-state index contributed by atoms with van der Waals surface area (Å²) in [5, 5.41) is 0.351. The summed E-state index contributed by atoms with van der Waals surface area (Å²) in [7, 11) is -1.15. The quantitative estimate of drug-likeness (QED) is 0.714. The maximum absolute atomic E-state index is 11.2. The van der Waals surface area contributed by atoms with Gasteiger partial charge < -0.3 is 0 Å². The molecule has 0 spiro atoms. The summed E-state index contributed by atoms with van der Waals surface area (Å²) < 4.78 is 11.2. The fourth-order valence-electron chi connectivity index (χ4n) is 1.16. The highest BCUT2D eigenvalue weighted by Gasteiger charge is 2.03. The fraction of sp³-hybridized carbons (Fsp3) is 0.100. The van der Waals surface area contributed by atoms with E-state index in [9.17, 15) is 4.21 Å². The van der Waals surface area contributed by atoms with Gasteiger partial charge in [0.2, 0.25) is 5.16 Å². The number of hydrogen-bond acceptors (Lipinski definition) is 4. The van der Waals surface area contributed by atoms with Crippen LogP contribution in [0.1, 0.15) is 0 Å². The lowest BCUT2D eigenvalue weighted by atomic mass is 10.2. The van der Waals surface area contributed by atoms with Gasteiger partial charge in [0.05, 0.1) is 16.5 Å². The van der Waals surface area contributed by atoms with E-state index in [4.69, 9.17) is 0 Å². The molecule has 0 aliphatic rings. The van der Waals surface area contributed by atoms with E-state index in [2.05, 4.69) is 15.0 Å². The van der Waals surface area contributed by atoms with Crippen LogP contribution in [0.5, 0.6) is 0 Å². The number of pyridine rings is 1. The van der Waals surface area contributed by atoms with Gasteiger partial charge in [0.1, 0.15) is 0 Å². The molecule has 0 saturated heterocycles. The summed E-state index contributed by atoms with van der Waals surface area (Å²) in [4.78, 5) is 12.1. The summed E-state index contributed by atoms with van der Waals surface area (Å²) in [5.74, 6) is 0. The van der Waals surface area contributed by atoms with Crippen LogP contribution < -0.4 is 0 Å². The second kappa shape index (κ2) is 4.27. The lowest BCUT2D eigenvalue weighted by Gasteiger charge is -2.00. The molecule has 0 N–H and O–H groups in total. The van der Waals surface area contributed by atoms with Crippen molar-refractivity contribution in [1.82, 2.24) is 15.0 Å². The van der Waals surface area contributed by atoms with E-state index in [0.717, 1.165) is 11.3 Å². The molecular weight excluding hydrogens is 210 g/mol. The number of aromatic nitrogens is 3. The Morgan fingerprint density at radius 2 is 1.87 bits per heavy atom. The molecule has 0 amide bonds. The fourth-order valence-corrected chi connectivity index (χ4v) is 1.60. The van der Waals surface area contributed by atoms with E-state index in [-0.39, 0.29) is 0 Å². The van der Waals surface area contributed by atoms with Crippen LogP contribution in [0.25, 0.3) is 11.3 Å². The van der Waals surface area contributed by atoms with Crippen molar-refractivity contribution in [3.05, 3.63) is 36.8 Å². The van der Waals surface area contributed by atoms with Crippen molar-refractivity contribution < 1.29 is 4.21 Å². The average molecular weight is 219 g/mol. The summed E-state index contributed by atoms with van der Waals surface area (Å²) in [5.41, 5.74) is 1.71. The van der Waals surface area contributed by atoms with Crippen LogP contribution in [0.2, 0.25) is 0 Å². The van der Waals surface area contributed by atoms with Crippen LogP contribution in [0.15, 0.2) is 41.9 Å². The van der Waals surface area contributed by atoms with E-state index >= 15 is 0 Å². The summed E-state index contributed by atoms with van der Waals surface area (Å²) in [6.07, 6.45) is 6.56. The van der Waals surface area contributed by atoms with Gasteiger partial charge in [-0.05, 0) is 18.2 Å². The van der Waals surface area contributed by atoms with Gasteiger partial charge in [-0.25, -0.2) is 9.97 Å². The van der Waals surface area contributed by atoms with E-state index in [1.165, 1.54) is 0 Å². The number of rotatable bonds is 2. The van der Waals surface area contributed by atoms with Crippen molar-refractivity contribution in [1.29, 1.82) is 0 Å². The van der Waals surface area contributed by atoms with Crippen molar-refractivity contribution in [2.75, 3.05) is 6.26 Å². The smallest absolute Gasteiger partial charge is 0.218 e. The Morgan fingerprint density at radius 3 is 2.53 bits per heavy atom. The normalized spacial score (nSPS) is 12.3. The zero-order chi connectivity index (χ0) is 10.7. The van der Waals surface area contributed by atoms with Gasteiger partial charge in [-0.3, -0.25) is 9.19 Å². The van der Waals surface area contributed by atoms with Crippen LogP contribution in [0.4, 0.5) is 0 Å². The standard InChI is InChI=1S/C10H9N3OS/c1-15(14)10-12-7-4-9(13-10)8-2-5-11-6-3-8/h2-7H,1H3. The van der Waals surface area contributed by atoms with Crippen LogP contribution >= 0.6 is 0 Å². The molecule has 0 aliphatic carbocycles. The van der Waals surface area contributed by atoms with Gasteiger partial charge in [-0.15, -0.1) is 0 Å². The van der Waals surface area contributed by atoms with E-state index in [1.807, 2.05) is 12.1 Å². The van der Waals surface area contributed by atoms with Crippen molar-refractivity contribution in [3.8, 4) is 11.3 Å². The molecule has 2 heterocycles. The highest BCUT2D eigenvalue weighted by molar-refractivity contribution is 7.84. The van der Waals surface area contributed by atoms with E-state index in [1.54, 1.807) is 30.9 Å². The molecule has 15 heavy (non-hydrogen) atoms. The first kappa shape index (κ1) is 9.92. The molecular formula is C10H9N3OS. The Bertz CT molecular complexity index is 487. The van der Waals surface area contributed by atoms with Crippen LogP contribution in [-0.4, -0.2) is 25.4 Å². The van der Waals surface area contributed by atoms with E-state index in [0.29, 0.717) is 5.16 Å². The Morgan fingerprint density at radius 1 is 1.13 bits per heavy atom. The molecule has 5 heteroatoms. The van der Waals surface area contributed by atoms with Crippen LogP contribution in [0.3, 0.4) is 0 Å². The predicted molar refractivity (Wildman–Crippen MR) is 57.6 cm³/mol. The minimum absolute atomic E-state index is 0.351. The SMILES string of the molecule is CS(=O)c1nccc(-c2ccncc2)n1. The first-order valence-electron chi connectivity index (χ1n) is 4.34. The van der Waals surface area contributed by atoms with Crippen LogP contribution in [-0.2, 0) is 10.8 Å². The maximum Gasteiger partial charge on any atom is 0.218 e. The largest absolute Gasteiger partial charge is 0.265 e.